The first-order valence-corrected chi connectivity index (χ1v) is 8.55. The second-order valence-electron chi connectivity index (χ2n) is 6.32. The highest BCUT2D eigenvalue weighted by molar-refractivity contribution is 5.66. The van der Waals surface area contributed by atoms with Crippen LogP contribution < -0.4 is 0 Å². The second-order valence-corrected chi connectivity index (χ2v) is 6.32. The SMILES string of the molecule is CC/C=C\C[C@H](O)/C=C/[C@@H]1[C@H](CCCCC(=O)O)[C@H](O)C[C@@H]1O. The van der Waals surface area contributed by atoms with Crippen molar-refractivity contribution in [3.05, 3.63) is 24.3 Å². The minimum Gasteiger partial charge on any atom is -0.481 e. The van der Waals surface area contributed by atoms with Gasteiger partial charge in [0.05, 0.1) is 18.3 Å². The van der Waals surface area contributed by atoms with E-state index in [1.165, 1.54) is 0 Å². The van der Waals surface area contributed by atoms with Crippen LogP contribution in [-0.4, -0.2) is 44.7 Å². The van der Waals surface area contributed by atoms with Gasteiger partial charge in [0.15, 0.2) is 0 Å². The Balaban J connectivity index is 2.51. The Bertz CT molecular complexity index is 404. The standard InChI is InChI=1S/C18H30O5/c1-2-3-4-7-13(19)10-11-15-14(16(20)12-17(15)21)8-5-6-9-18(22)23/h3-4,10-11,13-17,19-21H,2,5-9,12H2,1H3,(H,22,23)/b4-3-,11-10+/t13-,14-,15+,16+,17-/m0/s1. The number of unbranched alkanes of at least 4 members (excludes halogenated alkanes) is 1. The van der Waals surface area contributed by atoms with E-state index in [2.05, 4.69) is 0 Å². The van der Waals surface area contributed by atoms with Crippen LogP contribution in [0.5, 0.6) is 0 Å². The van der Waals surface area contributed by atoms with Gasteiger partial charge in [-0.15, -0.1) is 0 Å². The maximum atomic E-state index is 10.5. The molecule has 132 valence electrons. The lowest BCUT2D eigenvalue weighted by Gasteiger charge is -2.21. The highest BCUT2D eigenvalue weighted by atomic mass is 16.4. The summed E-state index contributed by atoms with van der Waals surface area (Å²) in [5.74, 6) is -1.07. The van der Waals surface area contributed by atoms with Gasteiger partial charge >= 0.3 is 5.97 Å². The average Bonchev–Trinajstić information content (AvgIpc) is 2.75. The Kier molecular flexibility index (Phi) is 9.14. The number of aliphatic hydroxyl groups is 3. The highest BCUT2D eigenvalue weighted by Crippen LogP contribution is 2.37. The van der Waals surface area contributed by atoms with Crippen LogP contribution in [0.15, 0.2) is 24.3 Å². The fourth-order valence-corrected chi connectivity index (χ4v) is 3.17. The van der Waals surface area contributed by atoms with Crippen LogP contribution in [0, 0.1) is 11.8 Å². The van der Waals surface area contributed by atoms with Gasteiger partial charge in [-0.05, 0) is 31.6 Å². The van der Waals surface area contributed by atoms with Gasteiger partial charge in [0, 0.05) is 18.8 Å². The molecule has 4 N–H and O–H groups in total. The third-order valence-corrected chi connectivity index (χ3v) is 4.43. The molecule has 0 bridgehead atoms. The zero-order valence-corrected chi connectivity index (χ0v) is 13.8. The molecule has 0 amide bonds. The molecule has 0 heterocycles. The number of aliphatic hydroxyl groups excluding tert-OH is 3. The van der Waals surface area contributed by atoms with Gasteiger partial charge in [-0.2, -0.15) is 0 Å². The first-order valence-electron chi connectivity index (χ1n) is 8.55. The molecule has 5 atom stereocenters. The number of rotatable bonds is 10. The van der Waals surface area contributed by atoms with E-state index in [9.17, 15) is 20.1 Å². The molecule has 1 rings (SSSR count). The lowest BCUT2D eigenvalue weighted by atomic mass is 9.88. The van der Waals surface area contributed by atoms with Crippen LogP contribution in [0.2, 0.25) is 0 Å². The molecule has 1 aliphatic rings. The maximum Gasteiger partial charge on any atom is 0.303 e. The third-order valence-electron chi connectivity index (χ3n) is 4.43. The normalized spacial score (nSPS) is 29.6. The van der Waals surface area contributed by atoms with Crippen LogP contribution >= 0.6 is 0 Å². The van der Waals surface area contributed by atoms with Crippen LogP contribution in [-0.2, 0) is 4.79 Å². The van der Waals surface area contributed by atoms with Crippen molar-refractivity contribution in [2.75, 3.05) is 0 Å². The Morgan fingerprint density at radius 3 is 2.61 bits per heavy atom. The summed E-state index contributed by atoms with van der Waals surface area (Å²) in [5.41, 5.74) is 0. The van der Waals surface area contributed by atoms with Gasteiger partial charge in [-0.1, -0.05) is 37.6 Å². The molecule has 0 unspecified atom stereocenters. The molecule has 1 aliphatic carbocycles. The van der Waals surface area contributed by atoms with Crippen molar-refractivity contribution < 1.29 is 25.2 Å². The Morgan fingerprint density at radius 1 is 1.22 bits per heavy atom. The van der Waals surface area contributed by atoms with Gasteiger partial charge in [-0.3, -0.25) is 4.79 Å². The summed E-state index contributed by atoms with van der Waals surface area (Å²) >= 11 is 0. The molecule has 0 aliphatic heterocycles. The minimum absolute atomic E-state index is 0.0755. The van der Waals surface area contributed by atoms with E-state index in [4.69, 9.17) is 5.11 Å². The smallest absolute Gasteiger partial charge is 0.303 e. The molecule has 1 saturated carbocycles. The van der Waals surface area contributed by atoms with E-state index in [-0.39, 0.29) is 18.3 Å². The van der Waals surface area contributed by atoms with Crippen LogP contribution in [0.4, 0.5) is 0 Å². The van der Waals surface area contributed by atoms with E-state index in [0.717, 1.165) is 6.42 Å². The van der Waals surface area contributed by atoms with Crippen LogP contribution in [0.1, 0.15) is 51.9 Å². The average molecular weight is 326 g/mol. The number of allylic oxidation sites excluding steroid dienone is 1. The van der Waals surface area contributed by atoms with E-state index < -0.39 is 24.3 Å². The van der Waals surface area contributed by atoms with Gasteiger partial charge in [0.2, 0.25) is 0 Å². The number of carboxylic acids is 1. The monoisotopic (exact) mass is 326 g/mol. The fourth-order valence-electron chi connectivity index (χ4n) is 3.17. The minimum atomic E-state index is -0.809. The first kappa shape index (κ1) is 19.9. The molecular formula is C18H30O5. The number of carbonyl (C=O) groups is 1. The van der Waals surface area contributed by atoms with Crippen molar-refractivity contribution in [2.45, 2.75) is 70.2 Å². The predicted octanol–water partition coefficient (Wildman–Crippen LogP) is 2.26. The number of carboxylic acid groups (broad SMARTS) is 1. The van der Waals surface area contributed by atoms with Crippen molar-refractivity contribution >= 4 is 5.97 Å². The summed E-state index contributed by atoms with van der Waals surface area (Å²) in [6.45, 7) is 2.03. The van der Waals surface area contributed by atoms with Crippen LogP contribution in [0.3, 0.4) is 0 Å². The fraction of sp³-hybridized carbons (Fsp3) is 0.722. The largest absolute Gasteiger partial charge is 0.481 e. The number of hydrogen-bond acceptors (Lipinski definition) is 4. The first-order chi connectivity index (χ1) is 11.0. The van der Waals surface area contributed by atoms with Crippen molar-refractivity contribution in [1.29, 1.82) is 0 Å². The van der Waals surface area contributed by atoms with Gasteiger partial charge < -0.3 is 20.4 Å². The quantitative estimate of drug-likeness (QED) is 0.365. The van der Waals surface area contributed by atoms with Crippen molar-refractivity contribution in [3.8, 4) is 0 Å². The summed E-state index contributed by atoms with van der Waals surface area (Å²) in [4.78, 5) is 10.5. The van der Waals surface area contributed by atoms with Crippen molar-refractivity contribution in [1.82, 2.24) is 0 Å². The Hall–Kier alpha value is -1.17. The predicted molar refractivity (Wildman–Crippen MR) is 88.9 cm³/mol. The molecule has 0 saturated heterocycles. The molecule has 0 aromatic heterocycles. The summed E-state index contributed by atoms with van der Waals surface area (Å²) in [7, 11) is 0. The summed E-state index contributed by atoms with van der Waals surface area (Å²) in [5, 5.41) is 38.7. The molecule has 23 heavy (non-hydrogen) atoms. The topological polar surface area (TPSA) is 98.0 Å². The maximum absolute atomic E-state index is 10.5. The third kappa shape index (κ3) is 7.29. The molecular weight excluding hydrogens is 296 g/mol. The van der Waals surface area contributed by atoms with Crippen molar-refractivity contribution in [3.63, 3.8) is 0 Å². The molecule has 5 heteroatoms. The molecule has 0 radical (unpaired) electrons. The zero-order chi connectivity index (χ0) is 17.2. The Labute approximate surface area is 138 Å². The van der Waals surface area contributed by atoms with Crippen molar-refractivity contribution in [2.24, 2.45) is 11.8 Å². The summed E-state index contributed by atoms with van der Waals surface area (Å²) in [6.07, 6.45) is 9.59. The molecule has 1 fully saturated rings. The highest BCUT2D eigenvalue weighted by Gasteiger charge is 2.39. The lowest BCUT2D eigenvalue weighted by Crippen LogP contribution is -2.21. The molecule has 0 aromatic rings. The van der Waals surface area contributed by atoms with E-state index in [0.29, 0.717) is 32.1 Å². The van der Waals surface area contributed by atoms with Gasteiger partial charge in [-0.25, -0.2) is 0 Å². The van der Waals surface area contributed by atoms with Gasteiger partial charge in [0.1, 0.15) is 0 Å². The number of hydrogen-bond donors (Lipinski definition) is 4. The molecule has 0 aromatic carbocycles. The molecule has 5 nitrogen and oxygen atoms in total. The second kappa shape index (κ2) is 10.6. The lowest BCUT2D eigenvalue weighted by molar-refractivity contribution is -0.137. The number of aliphatic carboxylic acids is 1. The van der Waals surface area contributed by atoms with E-state index in [1.807, 2.05) is 25.2 Å². The Morgan fingerprint density at radius 2 is 1.96 bits per heavy atom. The molecule has 0 spiro atoms. The zero-order valence-electron chi connectivity index (χ0n) is 13.8. The van der Waals surface area contributed by atoms with Gasteiger partial charge in [0.25, 0.3) is 0 Å². The van der Waals surface area contributed by atoms with E-state index in [1.54, 1.807) is 6.08 Å². The van der Waals surface area contributed by atoms with Crippen LogP contribution in [0.25, 0.3) is 0 Å². The summed E-state index contributed by atoms with van der Waals surface area (Å²) in [6, 6.07) is 0. The summed E-state index contributed by atoms with van der Waals surface area (Å²) < 4.78 is 0. The van der Waals surface area contributed by atoms with E-state index >= 15 is 0 Å².